The maximum atomic E-state index is 12.7. The van der Waals surface area contributed by atoms with Crippen molar-refractivity contribution in [3.63, 3.8) is 0 Å². The van der Waals surface area contributed by atoms with Crippen LogP contribution in [0.25, 0.3) is 0 Å². The van der Waals surface area contributed by atoms with Crippen LogP contribution in [0.5, 0.6) is 0 Å². The number of likely N-dealkylation sites (tertiary alicyclic amines) is 1. The first kappa shape index (κ1) is 14.3. The highest BCUT2D eigenvalue weighted by Gasteiger charge is 2.43. The van der Waals surface area contributed by atoms with E-state index in [1.807, 2.05) is 39.9 Å². The summed E-state index contributed by atoms with van der Waals surface area (Å²) in [6, 6.07) is 12.0. The summed E-state index contributed by atoms with van der Waals surface area (Å²) in [4.78, 5) is 14.6. The molecule has 1 saturated heterocycles. The molecule has 0 radical (unpaired) electrons. The van der Waals surface area contributed by atoms with E-state index in [1.165, 1.54) is 11.3 Å². The summed E-state index contributed by atoms with van der Waals surface area (Å²) in [6.07, 6.45) is 2.51. The summed E-state index contributed by atoms with van der Waals surface area (Å²) in [6.45, 7) is 0.736. The van der Waals surface area contributed by atoms with Crippen LogP contribution in [-0.2, 0) is 6.42 Å². The molecule has 2 aromatic rings. The van der Waals surface area contributed by atoms with Crippen molar-refractivity contribution in [3.8, 4) is 0 Å². The third-order valence-electron chi connectivity index (χ3n) is 4.28. The van der Waals surface area contributed by atoms with E-state index in [2.05, 4.69) is 12.1 Å². The summed E-state index contributed by atoms with van der Waals surface area (Å²) < 4.78 is 0. The first-order valence-corrected chi connectivity index (χ1v) is 8.18. The van der Waals surface area contributed by atoms with Gasteiger partial charge in [-0.05, 0) is 36.3 Å². The normalized spacial score (nSPS) is 21.7. The van der Waals surface area contributed by atoms with Gasteiger partial charge in [-0.2, -0.15) is 11.3 Å². The smallest absolute Gasteiger partial charge is 0.255 e. The Balaban J connectivity index is 1.87. The highest BCUT2D eigenvalue weighted by atomic mass is 32.1. The SMILES string of the molecule is O=C(c1ccsc1)N1CCC[C@@]1(CO)Cc1ccccc1. The number of hydrogen-bond donors (Lipinski definition) is 1. The van der Waals surface area contributed by atoms with Gasteiger partial charge in [0.05, 0.1) is 17.7 Å². The van der Waals surface area contributed by atoms with Crippen LogP contribution in [-0.4, -0.2) is 34.6 Å². The Bertz CT molecular complexity index is 597. The highest BCUT2D eigenvalue weighted by Crippen LogP contribution is 2.34. The van der Waals surface area contributed by atoms with Gasteiger partial charge in [-0.15, -0.1) is 0 Å². The van der Waals surface area contributed by atoms with Crippen LogP contribution in [0.1, 0.15) is 28.8 Å². The average Bonchev–Trinajstić information content (AvgIpc) is 3.18. The average molecular weight is 301 g/mol. The van der Waals surface area contributed by atoms with Crippen molar-refractivity contribution in [2.75, 3.05) is 13.2 Å². The van der Waals surface area contributed by atoms with Crippen LogP contribution >= 0.6 is 11.3 Å². The molecule has 0 unspecified atom stereocenters. The van der Waals surface area contributed by atoms with Gasteiger partial charge in [-0.1, -0.05) is 30.3 Å². The van der Waals surface area contributed by atoms with E-state index < -0.39 is 5.54 Å². The lowest BCUT2D eigenvalue weighted by Crippen LogP contribution is -2.51. The lowest BCUT2D eigenvalue weighted by atomic mass is 9.88. The van der Waals surface area contributed by atoms with Gasteiger partial charge in [0, 0.05) is 11.9 Å². The van der Waals surface area contributed by atoms with E-state index in [1.54, 1.807) is 0 Å². The van der Waals surface area contributed by atoms with E-state index >= 15 is 0 Å². The van der Waals surface area contributed by atoms with Crippen molar-refractivity contribution in [3.05, 3.63) is 58.3 Å². The Morgan fingerprint density at radius 2 is 2.10 bits per heavy atom. The van der Waals surface area contributed by atoms with E-state index in [4.69, 9.17) is 0 Å². The van der Waals surface area contributed by atoms with Crippen LogP contribution in [0.4, 0.5) is 0 Å². The number of nitrogens with zero attached hydrogens (tertiary/aromatic N) is 1. The Labute approximate surface area is 128 Å². The number of aliphatic hydroxyl groups is 1. The third-order valence-corrected chi connectivity index (χ3v) is 4.96. The maximum Gasteiger partial charge on any atom is 0.255 e. The second kappa shape index (κ2) is 6.00. The van der Waals surface area contributed by atoms with Gasteiger partial charge in [-0.3, -0.25) is 4.79 Å². The van der Waals surface area contributed by atoms with Gasteiger partial charge in [0.2, 0.25) is 0 Å². The number of thiophene rings is 1. The minimum absolute atomic E-state index is 0.0117. The topological polar surface area (TPSA) is 40.5 Å². The van der Waals surface area contributed by atoms with E-state index in [0.717, 1.165) is 30.5 Å². The largest absolute Gasteiger partial charge is 0.394 e. The number of rotatable bonds is 4. The van der Waals surface area contributed by atoms with Crippen molar-refractivity contribution >= 4 is 17.2 Å². The number of hydrogen-bond acceptors (Lipinski definition) is 3. The zero-order chi connectivity index (χ0) is 14.7. The van der Waals surface area contributed by atoms with Crippen LogP contribution in [0.3, 0.4) is 0 Å². The number of carbonyl (C=O) groups is 1. The van der Waals surface area contributed by atoms with Gasteiger partial charge < -0.3 is 10.0 Å². The first-order chi connectivity index (χ1) is 10.2. The quantitative estimate of drug-likeness (QED) is 0.943. The number of aliphatic hydroxyl groups excluding tert-OH is 1. The molecule has 1 aromatic carbocycles. The molecule has 1 atom stereocenters. The number of amides is 1. The lowest BCUT2D eigenvalue weighted by Gasteiger charge is -2.37. The van der Waals surface area contributed by atoms with E-state index in [-0.39, 0.29) is 12.5 Å². The molecule has 0 saturated carbocycles. The molecule has 1 amide bonds. The predicted molar refractivity (Wildman–Crippen MR) is 84.6 cm³/mol. The summed E-state index contributed by atoms with van der Waals surface area (Å²) >= 11 is 1.53. The Morgan fingerprint density at radius 1 is 1.29 bits per heavy atom. The lowest BCUT2D eigenvalue weighted by molar-refractivity contribution is 0.0413. The second-order valence-corrected chi connectivity index (χ2v) is 6.40. The molecule has 0 spiro atoms. The Morgan fingerprint density at radius 3 is 2.76 bits per heavy atom. The molecule has 4 heteroatoms. The fraction of sp³-hybridized carbons (Fsp3) is 0.353. The van der Waals surface area contributed by atoms with Crippen LogP contribution in [0.2, 0.25) is 0 Å². The molecule has 2 heterocycles. The van der Waals surface area contributed by atoms with Gasteiger partial charge in [0.15, 0.2) is 0 Å². The summed E-state index contributed by atoms with van der Waals surface area (Å²) in [5.41, 5.74) is 1.43. The van der Waals surface area contributed by atoms with Crippen LogP contribution in [0, 0.1) is 0 Å². The molecule has 110 valence electrons. The molecular weight excluding hydrogens is 282 g/mol. The monoisotopic (exact) mass is 301 g/mol. The number of carbonyl (C=O) groups excluding carboxylic acids is 1. The standard InChI is InChI=1S/C17H19NO2S/c19-13-17(11-14-5-2-1-3-6-14)8-4-9-18(17)16(20)15-7-10-21-12-15/h1-3,5-7,10,12,19H,4,8-9,11,13H2/t17-/m0/s1. The fourth-order valence-corrected chi connectivity index (χ4v) is 3.81. The first-order valence-electron chi connectivity index (χ1n) is 7.24. The van der Waals surface area contributed by atoms with Gasteiger partial charge in [0.1, 0.15) is 0 Å². The van der Waals surface area contributed by atoms with Gasteiger partial charge >= 0.3 is 0 Å². The van der Waals surface area contributed by atoms with Gasteiger partial charge in [0.25, 0.3) is 5.91 Å². The molecule has 3 rings (SSSR count). The third kappa shape index (κ3) is 2.74. The van der Waals surface area contributed by atoms with Crippen molar-refractivity contribution in [1.82, 2.24) is 4.90 Å². The molecule has 21 heavy (non-hydrogen) atoms. The highest BCUT2D eigenvalue weighted by molar-refractivity contribution is 7.08. The fourth-order valence-electron chi connectivity index (χ4n) is 3.18. The zero-order valence-electron chi connectivity index (χ0n) is 11.9. The minimum atomic E-state index is -0.458. The summed E-state index contributed by atoms with van der Waals surface area (Å²) in [5, 5.41) is 13.8. The molecule has 0 aliphatic carbocycles. The van der Waals surface area contributed by atoms with Crippen molar-refractivity contribution < 1.29 is 9.90 Å². The maximum absolute atomic E-state index is 12.7. The van der Waals surface area contributed by atoms with E-state index in [9.17, 15) is 9.90 Å². The van der Waals surface area contributed by atoms with Crippen molar-refractivity contribution in [1.29, 1.82) is 0 Å². The molecule has 1 aliphatic rings. The Kier molecular flexibility index (Phi) is 4.08. The molecule has 1 aliphatic heterocycles. The van der Waals surface area contributed by atoms with Crippen molar-refractivity contribution in [2.45, 2.75) is 24.8 Å². The molecule has 1 fully saturated rings. The Hall–Kier alpha value is -1.65. The predicted octanol–water partition coefficient (Wildman–Crippen LogP) is 2.96. The molecule has 1 aromatic heterocycles. The van der Waals surface area contributed by atoms with E-state index in [0.29, 0.717) is 6.42 Å². The molecule has 0 bridgehead atoms. The van der Waals surface area contributed by atoms with Gasteiger partial charge in [-0.25, -0.2) is 0 Å². The van der Waals surface area contributed by atoms with Crippen molar-refractivity contribution in [2.24, 2.45) is 0 Å². The zero-order valence-corrected chi connectivity index (χ0v) is 12.7. The molecule has 3 nitrogen and oxygen atoms in total. The molecular formula is C17H19NO2S. The summed E-state index contributed by atoms with van der Waals surface area (Å²) in [7, 11) is 0. The molecule has 1 N–H and O–H groups in total. The number of benzene rings is 1. The minimum Gasteiger partial charge on any atom is -0.394 e. The van der Waals surface area contributed by atoms with Crippen LogP contribution < -0.4 is 0 Å². The second-order valence-electron chi connectivity index (χ2n) is 5.62. The van der Waals surface area contributed by atoms with Crippen LogP contribution in [0.15, 0.2) is 47.2 Å². The summed E-state index contributed by atoms with van der Waals surface area (Å²) in [5.74, 6) is 0.0405.